The summed E-state index contributed by atoms with van der Waals surface area (Å²) in [6.45, 7) is 5.38. The van der Waals surface area contributed by atoms with E-state index in [0.29, 0.717) is 27.6 Å². The molecule has 0 spiro atoms. The van der Waals surface area contributed by atoms with Crippen LogP contribution in [0.4, 0.5) is 0 Å². The summed E-state index contributed by atoms with van der Waals surface area (Å²) >= 11 is 16.1. The van der Waals surface area contributed by atoms with Gasteiger partial charge in [0.2, 0.25) is 15.9 Å². The second kappa shape index (κ2) is 13.2. The van der Waals surface area contributed by atoms with Crippen molar-refractivity contribution in [2.45, 2.75) is 56.6 Å². The van der Waals surface area contributed by atoms with E-state index in [9.17, 15) is 18.0 Å². The van der Waals surface area contributed by atoms with Crippen LogP contribution in [0, 0.1) is 5.92 Å². The standard InChI is InChI=1S/C31H31BrCl2N2O4S/c1-19(2)16-28(20(3)37)35-31(38)27-14-15-29(21-6-4-8-24(33)17-21)36(30(27)22-7-5-9-25(34)18-22)41(39,40)26-12-10-23(32)11-13-26/h4-14,17-19,28-30H,15-16H2,1-3H3,(H,35,38)/t28-,29?,30-/m0/s1. The number of hydrogen-bond acceptors (Lipinski definition) is 4. The molecule has 3 aromatic rings. The largest absolute Gasteiger partial charge is 0.342 e. The summed E-state index contributed by atoms with van der Waals surface area (Å²) in [7, 11) is -4.19. The lowest BCUT2D eigenvalue weighted by Gasteiger charge is -2.41. The summed E-state index contributed by atoms with van der Waals surface area (Å²) in [5, 5.41) is 3.74. The molecule has 3 atom stereocenters. The van der Waals surface area contributed by atoms with Gasteiger partial charge in [0.1, 0.15) is 0 Å². The molecule has 1 heterocycles. The average molecular weight is 678 g/mol. The first-order valence-electron chi connectivity index (χ1n) is 13.2. The van der Waals surface area contributed by atoms with Crippen molar-refractivity contribution in [3.63, 3.8) is 0 Å². The molecule has 0 bridgehead atoms. The number of benzene rings is 3. The Bertz CT molecular complexity index is 1570. The summed E-state index contributed by atoms with van der Waals surface area (Å²) in [4.78, 5) is 26.4. The third-order valence-electron chi connectivity index (χ3n) is 6.97. The molecule has 0 aromatic heterocycles. The molecule has 10 heteroatoms. The number of rotatable bonds is 9. The summed E-state index contributed by atoms with van der Waals surface area (Å²) < 4.78 is 31.1. The second-order valence-electron chi connectivity index (χ2n) is 10.5. The predicted octanol–water partition coefficient (Wildman–Crippen LogP) is 7.68. The quantitative estimate of drug-likeness (QED) is 0.252. The summed E-state index contributed by atoms with van der Waals surface area (Å²) in [5.41, 5.74) is 1.43. The Hall–Kier alpha value is -2.49. The van der Waals surface area contributed by atoms with Crippen LogP contribution in [0.2, 0.25) is 10.0 Å². The lowest BCUT2D eigenvalue weighted by Crippen LogP contribution is -2.47. The Balaban J connectivity index is 1.93. The molecule has 41 heavy (non-hydrogen) atoms. The lowest BCUT2D eigenvalue weighted by molar-refractivity contribution is -0.125. The van der Waals surface area contributed by atoms with Crippen LogP contribution in [0.1, 0.15) is 56.8 Å². The molecule has 216 valence electrons. The predicted molar refractivity (Wildman–Crippen MR) is 166 cm³/mol. The van der Waals surface area contributed by atoms with Crippen LogP contribution in [-0.2, 0) is 19.6 Å². The van der Waals surface area contributed by atoms with E-state index >= 15 is 0 Å². The first kappa shape index (κ1) is 31.4. The molecule has 0 radical (unpaired) electrons. The van der Waals surface area contributed by atoms with E-state index in [1.807, 2.05) is 19.9 Å². The van der Waals surface area contributed by atoms with E-state index in [2.05, 4.69) is 21.2 Å². The number of Topliss-reactive ketones (excluding diaryl/α,β-unsaturated/α-hetero) is 1. The van der Waals surface area contributed by atoms with Gasteiger partial charge in [-0.05, 0) is 85.3 Å². The number of nitrogens with zero attached hydrogens (tertiary/aromatic N) is 1. The maximum absolute atomic E-state index is 14.5. The monoisotopic (exact) mass is 676 g/mol. The highest BCUT2D eigenvalue weighted by Gasteiger charge is 2.45. The maximum atomic E-state index is 14.5. The van der Waals surface area contributed by atoms with Gasteiger partial charge < -0.3 is 5.32 Å². The fraction of sp³-hybridized carbons (Fsp3) is 0.290. The molecule has 1 amide bonds. The first-order valence-corrected chi connectivity index (χ1v) is 16.2. The van der Waals surface area contributed by atoms with Crippen LogP contribution < -0.4 is 5.32 Å². The zero-order valence-corrected chi connectivity index (χ0v) is 26.8. The molecule has 1 unspecified atom stereocenters. The molecule has 0 saturated heterocycles. The van der Waals surface area contributed by atoms with Gasteiger partial charge in [-0.1, -0.05) is 83.3 Å². The van der Waals surface area contributed by atoms with Gasteiger partial charge in [-0.3, -0.25) is 9.59 Å². The Morgan fingerprint density at radius 1 is 0.976 bits per heavy atom. The molecule has 0 aliphatic carbocycles. The van der Waals surface area contributed by atoms with Crippen molar-refractivity contribution >= 4 is 60.8 Å². The number of hydrogen-bond donors (Lipinski definition) is 1. The SMILES string of the molecule is CC(=O)[C@H](CC(C)C)NC(=O)C1=CCC(c2cccc(Cl)c2)N(S(=O)(=O)c2ccc(Br)cc2)[C@H]1c1cccc(Cl)c1. The van der Waals surface area contributed by atoms with E-state index in [1.165, 1.54) is 23.4 Å². The fourth-order valence-electron chi connectivity index (χ4n) is 5.06. The first-order chi connectivity index (χ1) is 19.4. The van der Waals surface area contributed by atoms with Crippen LogP contribution >= 0.6 is 39.1 Å². The maximum Gasteiger partial charge on any atom is 0.249 e. The number of ketones is 1. The van der Waals surface area contributed by atoms with Gasteiger partial charge in [-0.25, -0.2) is 8.42 Å². The number of halogens is 3. The van der Waals surface area contributed by atoms with Crippen LogP contribution in [0.15, 0.2) is 93.8 Å². The number of carbonyl (C=O) groups is 2. The third-order valence-corrected chi connectivity index (χ3v) is 9.86. The molecule has 4 rings (SSSR count). The van der Waals surface area contributed by atoms with Crippen molar-refractivity contribution in [1.29, 1.82) is 0 Å². The average Bonchev–Trinajstić information content (AvgIpc) is 2.91. The van der Waals surface area contributed by atoms with Crippen molar-refractivity contribution in [2.24, 2.45) is 5.92 Å². The zero-order valence-electron chi connectivity index (χ0n) is 22.9. The van der Waals surface area contributed by atoms with Crippen LogP contribution in [0.25, 0.3) is 0 Å². The molecule has 0 saturated carbocycles. The molecule has 1 N–H and O–H groups in total. The van der Waals surface area contributed by atoms with Crippen molar-refractivity contribution < 1.29 is 18.0 Å². The number of sulfonamides is 1. The second-order valence-corrected chi connectivity index (χ2v) is 14.1. The molecule has 0 fully saturated rings. The molecular formula is C31H31BrCl2N2O4S. The van der Waals surface area contributed by atoms with Crippen LogP contribution in [0.3, 0.4) is 0 Å². The molecule has 3 aromatic carbocycles. The fourth-order valence-corrected chi connectivity index (χ4v) is 7.50. The van der Waals surface area contributed by atoms with Crippen molar-refractivity contribution in [1.82, 2.24) is 9.62 Å². The van der Waals surface area contributed by atoms with Crippen LogP contribution in [0.5, 0.6) is 0 Å². The molecule has 6 nitrogen and oxygen atoms in total. The molecule has 1 aliphatic rings. The van der Waals surface area contributed by atoms with Gasteiger partial charge in [0.25, 0.3) is 0 Å². The van der Waals surface area contributed by atoms with Crippen molar-refractivity contribution in [3.8, 4) is 0 Å². The summed E-state index contributed by atoms with van der Waals surface area (Å²) in [6.07, 6.45) is 2.43. The van der Waals surface area contributed by atoms with Gasteiger partial charge in [-0.2, -0.15) is 4.31 Å². The van der Waals surface area contributed by atoms with Gasteiger partial charge in [0, 0.05) is 20.1 Å². The Morgan fingerprint density at radius 2 is 1.56 bits per heavy atom. The van der Waals surface area contributed by atoms with Crippen molar-refractivity contribution in [2.75, 3.05) is 0 Å². The number of carbonyl (C=O) groups excluding carboxylic acids is 2. The van der Waals surface area contributed by atoms with E-state index in [0.717, 1.165) is 4.47 Å². The van der Waals surface area contributed by atoms with Gasteiger partial charge in [0.05, 0.1) is 23.0 Å². The molecular weight excluding hydrogens is 647 g/mol. The Labute approximate surface area is 259 Å². The van der Waals surface area contributed by atoms with E-state index < -0.39 is 34.1 Å². The smallest absolute Gasteiger partial charge is 0.249 e. The van der Waals surface area contributed by atoms with E-state index in [-0.39, 0.29) is 28.6 Å². The highest BCUT2D eigenvalue weighted by Crippen LogP contribution is 2.46. The third kappa shape index (κ3) is 7.30. The normalized spacial score (nSPS) is 18.6. The zero-order chi connectivity index (χ0) is 29.9. The van der Waals surface area contributed by atoms with E-state index in [1.54, 1.807) is 60.7 Å². The highest BCUT2D eigenvalue weighted by atomic mass is 79.9. The minimum atomic E-state index is -4.19. The summed E-state index contributed by atoms with van der Waals surface area (Å²) in [5.74, 6) is -0.509. The van der Waals surface area contributed by atoms with Gasteiger partial charge >= 0.3 is 0 Å². The minimum Gasteiger partial charge on any atom is -0.342 e. The van der Waals surface area contributed by atoms with E-state index in [4.69, 9.17) is 23.2 Å². The Kier molecular flexibility index (Phi) is 10.1. The van der Waals surface area contributed by atoms with Crippen LogP contribution in [-0.4, -0.2) is 30.5 Å². The lowest BCUT2D eigenvalue weighted by atomic mass is 9.88. The van der Waals surface area contributed by atoms with Crippen molar-refractivity contribution in [3.05, 3.63) is 110 Å². The number of nitrogens with one attached hydrogen (secondary N) is 1. The minimum absolute atomic E-state index is 0.0721. The summed E-state index contributed by atoms with van der Waals surface area (Å²) in [6, 6.07) is 17.8. The topological polar surface area (TPSA) is 83.6 Å². The van der Waals surface area contributed by atoms with Gasteiger partial charge in [0.15, 0.2) is 5.78 Å². The number of amides is 1. The van der Waals surface area contributed by atoms with Gasteiger partial charge in [-0.15, -0.1) is 0 Å². The highest BCUT2D eigenvalue weighted by molar-refractivity contribution is 9.10. The Morgan fingerprint density at radius 3 is 2.12 bits per heavy atom. The molecule has 1 aliphatic heterocycles.